The van der Waals surface area contributed by atoms with Crippen LogP contribution >= 0.6 is 22.7 Å². The third-order valence-corrected chi connectivity index (χ3v) is 9.84. The number of thiazole rings is 1. The molecule has 0 unspecified atom stereocenters. The number of methoxy groups -OCH3 is 2. The quantitative estimate of drug-likeness (QED) is 0.279. The molecule has 3 aromatic heterocycles. The second-order valence-corrected chi connectivity index (χ2v) is 12.4. The number of hydrogen-bond donors (Lipinski definition) is 0. The first kappa shape index (κ1) is 30.2. The van der Waals surface area contributed by atoms with E-state index in [-0.39, 0.29) is 18.1 Å². The molecule has 1 atom stereocenters. The second kappa shape index (κ2) is 11.8. The highest BCUT2D eigenvalue weighted by Gasteiger charge is 2.35. The first-order valence-corrected chi connectivity index (χ1v) is 15.4. The number of aromatic nitrogens is 2. The maximum absolute atomic E-state index is 14.1. The van der Waals surface area contributed by atoms with Gasteiger partial charge in [0.2, 0.25) is 0 Å². The van der Waals surface area contributed by atoms with Crippen LogP contribution in [-0.4, -0.2) is 41.9 Å². The molecular formula is C32H33N3O6S2. The fraction of sp³-hybridized carbons (Fsp3) is 0.312. The molecule has 1 aliphatic heterocycles. The zero-order valence-corrected chi connectivity index (χ0v) is 27.0. The Morgan fingerprint density at radius 1 is 1.05 bits per heavy atom. The number of para-hydroxylation sites is 1. The Morgan fingerprint density at radius 2 is 1.77 bits per heavy atom. The van der Waals surface area contributed by atoms with E-state index in [1.807, 2.05) is 62.6 Å². The number of carbonyl (C=O) groups is 2. The van der Waals surface area contributed by atoms with Gasteiger partial charge in [-0.2, -0.15) is 0 Å². The van der Waals surface area contributed by atoms with Crippen molar-refractivity contribution in [2.75, 3.05) is 20.8 Å². The minimum Gasteiger partial charge on any atom is -0.496 e. The Kier molecular flexibility index (Phi) is 8.31. The lowest BCUT2D eigenvalue weighted by molar-refractivity contribution is -0.139. The number of esters is 2. The van der Waals surface area contributed by atoms with Gasteiger partial charge in [-0.1, -0.05) is 29.5 Å². The second-order valence-electron chi connectivity index (χ2n) is 10.2. The smallest absolute Gasteiger partial charge is 0.341 e. The van der Waals surface area contributed by atoms with Gasteiger partial charge < -0.3 is 18.8 Å². The monoisotopic (exact) mass is 619 g/mol. The fourth-order valence-corrected chi connectivity index (χ4v) is 7.77. The van der Waals surface area contributed by atoms with Crippen molar-refractivity contribution in [3.63, 3.8) is 0 Å². The Morgan fingerprint density at radius 3 is 2.44 bits per heavy atom. The summed E-state index contributed by atoms with van der Waals surface area (Å²) >= 11 is 2.79. The van der Waals surface area contributed by atoms with Crippen molar-refractivity contribution in [3.8, 4) is 10.8 Å². The van der Waals surface area contributed by atoms with Gasteiger partial charge >= 0.3 is 11.9 Å². The molecule has 4 heterocycles. The third kappa shape index (κ3) is 5.06. The van der Waals surface area contributed by atoms with E-state index in [0.717, 1.165) is 32.4 Å². The molecule has 0 amide bonds. The van der Waals surface area contributed by atoms with Gasteiger partial charge in [-0.3, -0.25) is 9.36 Å². The summed E-state index contributed by atoms with van der Waals surface area (Å²) in [6.45, 7) is 11.5. The van der Waals surface area contributed by atoms with Gasteiger partial charge in [0.05, 0.1) is 42.2 Å². The molecule has 0 radical (unpaired) electrons. The average Bonchev–Trinajstić information content (AvgIpc) is 3.56. The van der Waals surface area contributed by atoms with Crippen LogP contribution < -0.4 is 19.6 Å². The number of rotatable bonds is 7. The molecule has 0 N–H and O–H groups in total. The SMILES string of the molecule is CCOC(=O)C1=C(C)N=c2s/c(=C\c3cc(C)n(-c4sc(C)c(C)c4C(=O)OC)c3C)c(=O)n2[C@@H]1c1ccccc1OC. The number of hydrogen-bond acceptors (Lipinski definition) is 9. The summed E-state index contributed by atoms with van der Waals surface area (Å²) < 4.78 is 20.2. The van der Waals surface area contributed by atoms with Gasteiger partial charge in [0, 0.05) is 21.8 Å². The number of nitrogens with zero attached hydrogens (tertiary/aromatic N) is 3. The number of carbonyl (C=O) groups excluding carboxylic acids is 2. The van der Waals surface area contributed by atoms with E-state index in [2.05, 4.69) is 4.99 Å². The first-order chi connectivity index (χ1) is 20.5. The summed E-state index contributed by atoms with van der Waals surface area (Å²) in [5.41, 5.74) is 5.20. The van der Waals surface area contributed by atoms with Crippen LogP contribution in [0.3, 0.4) is 0 Å². The van der Waals surface area contributed by atoms with Gasteiger partial charge in [0.1, 0.15) is 16.8 Å². The van der Waals surface area contributed by atoms with E-state index in [4.69, 9.17) is 14.2 Å². The molecule has 5 rings (SSSR count). The van der Waals surface area contributed by atoms with Crippen LogP contribution in [0.25, 0.3) is 11.1 Å². The molecule has 43 heavy (non-hydrogen) atoms. The molecule has 0 spiro atoms. The number of benzene rings is 1. The van der Waals surface area contributed by atoms with Crippen LogP contribution in [0.1, 0.15) is 63.2 Å². The molecule has 0 saturated heterocycles. The molecule has 0 aliphatic carbocycles. The number of aryl methyl sites for hydroxylation is 2. The lowest BCUT2D eigenvalue weighted by Gasteiger charge is -2.25. The largest absolute Gasteiger partial charge is 0.496 e. The first-order valence-electron chi connectivity index (χ1n) is 13.7. The minimum atomic E-state index is -0.777. The topological polar surface area (TPSA) is 101 Å². The summed E-state index contributed by atoms with van der Waals surface area (Å²) in [6.07, 6.45) is 1.84. The van der Waals surface area contributed by atoms with E-state index in [1.165, 1.54) is 29.8 Å². The van der Waals surface area contributed by atoms with E-state index < -0.39 is 12.0 Å². The normalized spacial score (nSPS) is 14.9. The van der Waals surface area contributed by atoms with Crippen molar-refractivity contribution in [3.05, 3.63) is 99.8 Å². The standard InChI is InChI=1S/C32H33N3O6S2/c1-9-41-31(38)26-18(4)33-32-35(27(26)22-12-10-11-13-23(22)39-7)28(36)24(43-32)15-21-14-16(2)34(19(21)5)29-25(30(37)40-8)17(3)20(6)42-29/h10-15,27H,9H2,1-8H3/b24-15-/t27-/m1/s1. The highest BCUT2D eigenvalue weighted by molar-refractivity contribution is 7.15. The van der Waals surface area contributed by atoms with Crippen molar-refractivity contribution in [2.24, 2.45) is 4.99 Å². The molecular weight excluding hydrogens is 587 g/mol. The predicted octanol–water partition coefficient (Wildman–Crippen LogP) is 4.68. The van der Waals surface area contributed by atoms with Crippen LogP contribution in [0.15, 0.2) is 51.4 Å². The van der Waals surface area contributed by atoms with Gasteiger partial charge in [0.25, 0.3) is 5.56 Å². The van der Waals surface area contributed by atoms with Gasteiger partial charge in [-0.05, 0) is 70.9 Å². The summed E-state index contributed by atoms with van der Waals surface area (Å²) in [5, 5.41) is 0.781. The molecule has 0 fully saturated rings. The van der Waals surface area contributed by atoms with Crippen LogP contribution in [0.2, 0.25) is 0 Å². The number of thiophene rings is 1. The Labute approximate surface area is 257 Å². The van der Waals surface area contributed by atoms with E-state index in [0.29, 0.717) is 37.5 Å². The number of allylic oxidation sites excluding steroid dienone is 1. The third-order valence-electron chi connectivity index (χ3n) is 7.67. The minimum absolute atomic E-state index is 0.190. The van der Waals surface area contributed by atoms with E-state index in [1.54, 1.807) is 31.6 Å². The van der Waals surface area contributed by atoms with Gasteiger partial charge in [-0.25, -0.2) is 14.6 Å². The zero-order valence-electron chi connectivity index (χ0n) is 25.4. The summed E-state index contributed by atoms with van der Waals surface area (Å²) in [5.74, 6) is -0.367. The average molecular weight is 620 g/mol. The maximum atomic E-state index is 14.1. The highest BCUT2D eigenvalue weighted by atomic mass is 32.1. The lowest BCUT2D eigenvalue weighted by Crippen LogP contribution is -2.40. The van der Waals surface area contributed by atoms with Crippen LogP contribution in [0.5, 0.6) is 5.75 Å². The van der Waals surface area contributed by atoms with Crippen molar-refractivity contribution in [1.29, 1.82) is 0 Å². The van der Waals surface area contributed by atoms with Crippen LogP contribution in [-0.2, 0) is 14.3 Å². The summed E-state index contributed by atoms with van der Waals surface area (Å²) in [7, 11) is 2.94. The molecule has 1 aromatic carbocycles. The maximum Gasteiger partial charge on any atom is 0.341 e. The fourth-order valence-electron chi connectivity index (χ4n) is 5.47. The van der Waals surface area contributed by atoms with Crippen molar-refractivity contribution < 1.29 is 23.8 Å². The van der Waals surface area contributed by atoms with Crippen LogP contribution in [0, 0.1) is 27.7 Å². The number of ether oxygens (including phenoxy) is 3. The molecule has 0 bridgehead atoms. The van der Waals surface area contributed by atoms with Gasteiger partial charge in [0.15, 0.2) is 4.80 Å². The molecule has 0 saturated carbocycles. The Hall–Kier alpha value is -4.22. The zero-order chi connectivity index (χ0) is 31.2. The van der Waals surface area contributed by atoms with Crippen molar-refractivity contribution in [2.45, 2.75) is 47.6 Å². The lowest BCUT2D eigenvalue weighted by atomic mass is 9.95. The number of fused-ring (bicyclic) bond motifs is 1. The Bertz CT molecular complexity index is 1990. The highest BCUT2D eigenvalue weighted by Crippen LogP contribution is 2.36. The summed E-state index contributed by atoms with van der Waals surface area (Å²) in [6, 6.07) is 8.54. The van der Waals surface area contributed by atoms with Gasteiger partial charge in [-0.15, -0.1) is 11.3 Å². The molecule has 224 valence electrons. The Balaban J connectivity index is 1.72. The summed E-state index contributed by atoms with van der Waals surface area (Å²) in [4.78, 5) is 46.3. The molecule has 9 nitrogen and oxygen atoms in total. The molecule has 1 aliphatic rings. The molecule has 4 aromatic rings. The molecule has 11 heteroatoms. The van der Waals surface area contributed by atoms with Crippen molar-refractivity contribution >= 4 is 40.7 Å². The van der Waals surface area contributed by atoms with Crippen molar-refractivity contribution in [1.82, 2.24) is 9.13 Å². The van der Waals surface area contributed by atoms with Crippen LogP contribution in [0.4, 0.5) is 0 Å². The van der Waals surface area contributed by atoms with E-state index in [9.17, 15) is 14.4 Å². The predicted molar refractivity (Wildman–Crippen MR) is 167 cm³/mol. The van der Waals surface area contributed by atoms with E-state index >= 15 is 0 Å².